The molecule has 30 heavy (non-hydrogen) atoms. The van der Waals surface area contributed by atoms with Crippen LogP contribution in [0.15, 0.2) is 23.5 Å². The van der Waals surface area contributed by atoms with E-state index < -0.39 is 0 Å². The zero-order chi connectivity index (χ0) is 21.5. The predicted molar refractivity (Wildman–Crippen MR) is 112 cm³/mol. The fraction of sp³-hybridized carbons (Fsp3) is 0.818. The van der Waals surface area contributed by atoms with E-state index in [1.165, 1.54) is 5.57 Å². The van der Waals surface area contributed by atoms with E-state index in [-0.39, 0.29) is 11.5 Å². The molecule has 2 rings (SSSR count). The van der Waals surface area contributed by atoms with Crippen molar-refractivity contribution >= 4 is 0 Å². The fourth-order valence-electron chi connectivity index (χ4n) is 3.29. The van der Waals surface area contributed by atoms with Gasteiger partial charge < -0.3 is 37.9 Å². The van der Waals surface area contributed by atoms with Gasteiger partial charge in [0.05, 0.1) is 84.2 Å². The highest BCUT2D eigenvalue weighted by Gasteiger charge is 2.58. The quantitative estimate of drug-likeness (QED) is 0.272. The van der Waals surface area contributed by atoms with Crippen LogP contribution >= 0.6 is 0 Å². The molecule has 174 valence electrons. The van der Waals surface area contributed by atoms with E-state index in [0.29, 0.717) is 79.3 Å². The van der Waals surface area contributed by atoms with Crippen molar-refractivity contribution in [1.82, 2.24) is 0 Å². The molecule has 0 spiro atoms. The first-order chi connectivity index (χ1) is 14.7. The molecule has 0 N–H and O–H groups in total. The number of ether oxygens (including phenoxy) is 8. The predicted octanol–water partition coefficient (Wildman–Crippen LogP) is 1.98. The Morgan fingerprint density at radius 1 is 0.733 bits per heavy atom. The van der Waals surface area contributed by atoms with E-state index in [1.54, 1.807) is 14.2 Å². The van der Waals surface area contributed by atoms with E-state index in [4.69, 9.17) is 37.9 Å². The molecule has 0 bridgehead atoms. The van der Waals surface area contributed by atoms with Gasteiger partial charge in [0.1, 0.15) is 12.4 Å². The SMILES string of the molecule is COCCOCCOCCOC1=CC(C)=CC2(OCCOCCOCCOC)CC12. The van der Waals surface area contributed by atoms with Crippen LogP contribution in [0.4, 0.5) is 0 Å². The Morgan fingerprint density at radius 2 is 1.23 bits per heavy atom. The Morgan fingerprint density at radius 3 is 1.80 bits per heavy atom. The first-order valence-corrected chi connectivity index (χ1v) is 10.7. The Labute approximate surface area is 180 Å². The third kappa shape index (κ3) is 9.43. The second-order valence-corrected chi connectivity index (χ2v) is 7.28. The van der Waals surface area contributed by atoms with Gasteiger partial charge in [0.2, 0.25) is 0 Å². The minimum Gasteiger partial charge on any atom is -0.495 e. The molecule has 8 heteroatoms. The molecule has 2 atom stereocenters. The van der Waals surface area contributed by atoms with Crippen LogP contribution in [0.5, 0.6) is 0 Å². The molecule has 0 aromatic heterocycles. The van der Waals surface area contributed by atoms with Gasteiger partial charge in [0.15, 0.2) is 0 Å². The van der Waals surface area contributed by atoms with Crippen LogP contribution in [0.2, 0.25) is 0 Å². The number of allylic oxidation sites excluding steroid dienone is 2. The first-order valence-electron chi connectivity index (χ1n) is 10.7. The molecule has 1 saturated carbocycles. The second kappa shape index (κ2) is 14.9. The summed E-state index contributed by atoms with van der Waals surface area (Å²) >= 11 is 0. The van der Waals surface area contributed by atoms with Crippen molar-refractivity contribution in [2.45, 2.75) is 18.9 Å². The minimum absolute atomic E-state index is 0.234. The Kier molecular flexibility index (Phi) is 12.6. The van der Waals surface area contributed by atoms with E-state index in [9.17, 15) is 0 Å². The molecule has 2 aliphatic carbocycles. The van der Waals surface area contributed by atoms with Crippen molar-refractivity contribution in [2.24, 2.45) is 5.92 Å². The summed E-state index contributed by atoms with van der Waals surface area (Å²) in [5, 5.41) is 0. The molecule has 0 aliphatic heterocycles. The molecule has 0 radical (unpaired) electrons. The lowest BCUT2D eigenvalue weighted by Crippen LogP contribution is -2.22. The molecule has 2 unspecified atom stereocenters. The van der Waals surface area contributed by atoms with Crippen LogP contribution in [-0.2, 0) is 37.9 Å². The van der Waals surface area contributed by atoms with Crippen molar-refractivity contribution in [2.75, 3.05) is 93.5 Å². The lowest BCUT2D eigenvalue weighted by Gasteiger charge is -2.21. The topological polar surface area (TPSA) is 73.8 Å². The van der Waals surface area contributed by atoms with Crippen molar-refractivity contribution < 1.29 is 37.9 Å². The third-order valence-electron chi connectivity index (χ3n) is 4.84. The van der Waals surface area contributed by atoms with Gasteiger partial charge in [0, 0.05) is 14.2 Å². The highest BCUT2D eigenvalue weighted by molar-refractivity contribution is 5.40. The lowest BCUT2D eigenvalue weighted by atomic mass is 10.0. The normalized spacial score (nSPS) is 22.4. The van der Waals surface area contributed by atoms with Crippen molar-refractivity contribution in [1.29, 1.82) is 0 Å². The standard InChI is InChI=1S/C22H38O8/c1-19-16-21(29-14-12-27-10-8-25-6-4-23-2)20-18-22(20,17-19)30-15-13-28-11-9-26-7-5-24-3/h16-17,20H,4-15,18H2,1-3H3. The van der Waals surface area contributed by atoms with Crippen molar-refractivity contribution in [3.8, 4) is 0 Å². The van der Waals surface area contributed by atoms with Gasteiger partial charge in [0.25, 0.3) is 0 Å². The van der Waals surface area contributed by atoms with Gasteiger partial charge in [-0.1, -0.05) is 0 Å². The Balaban J connectivity index is 1.52. The number of fused-ring (bicyclic) bond motifs is 1. The van der Waals surface area contributed by atoms with Gasteiger partial charge in [-0.15, -0.1) is 0 Å². The Bertz CT molecular complexity index is 521. The van der Waals surface area contributed by atoms with Gasteiger partial charge in [-0.25, -0.2) is 0 Å². The third-order valence-corrected chi connectivity index (χ3v) is 4.84. The molecule has 0 heterocycles. The molecule has 2 aliphatic rings. The van der Waals surface area contributed by atoms with Crippen molar-refractivity contribution in [3.63, 3.8) is 0 Å². The summed E-state index contributed by atoms with van der Waals surface area (Å²) in [7, 11) is 3.31. The molecule has 0 aromatic carbocycles. The van der Waals surface area contributed by atoms with Crippen LogP contribution in [0.25, 0.3) is 0 Å². The second-order valence-electron chi connectivity index (χ2n) is 7.28. The summed E-state index contributed by atoms with van der Waals surface area (Å²) in [5.74, 6) is 1.28. The van der Waals surface area contributed by atoms with Gasteiger partial charge in [-0.2, -0.15) is 0 Å². The number of hydrogen-bond acceptors (Lipinski definition) is 8. The van der Waals surface area contributed by atoms with E-state index in [2.05, 4.69) is 19.1 Å². The lowest BCUT2D eigenvalue weighted by molar-refractivity contribution is -0.0191. The maximum absolute atomic E-state index is 6.14. The molecule has 0 amide bonds. The summed E-state index contributed by atoms with van der Waals surface area (Å²) in [6, 6.07) is 0. The summed E-state index contributed by atoms with van der Waals surface area (Å²) in [4.78, 5) is 0. The van der Waals surface area contributed by atoms with E-state index in [0.717, 1.165) is 12.2 Å². The van der Waals surface area contributed by atoms with Crippen LogP contribution < -0.4 is 0 Å². The molecular formula is C22H38O8. The van der Waals surface area contributed by atoms with Crippen LogP contribution in [0.3, 0.4) is 0 Å². The maximum atomic E-state index is 6.14. The van der Waals surface area contributed by atoms with Gasteiger partial charge in [-0.05, 0) is 31.1 Å². The van der Waals surface area contributed by atoms with Crippen LogP contribution in [0, 0.1) is 5.92 Å². The number of rotatable bonds is 20. The fourth-order valence-corrected chi connectivity index (χ4v) is 3.29. The largest absolute Gasteiger partial charge is 0.495 e. The molecule has 1 fully saturated rings. The summed E-state index contributed by atoms with van der Waals surface area (Å²) in [6.45, 7) is 8.87. The smallest absolute Gasteiger partial charge is 0.111 e. The van der Waals surface area contributed by atoms with Crippen LogP contribution in [0.1, 0.15) is 13.3 Å². The number of hydrogen-bond donors (Lipinski definition) is 0. The molecule has 8 nitrogen and oxygen atoms in total. The van der Waals surface area contributed by atoms with Crippen LogP contribution in [-0.4, -0.2) is 99.1 Å². The zero-order valence-electron chi connectivity index (χ0n) is 18.7. The molecular weight excluding hydrogens is 392 g/mol. The Hall–Kier alpha value is -1.00. The zero-order valence-corrected chi connectivity index (χ0v) is 18.7. The van der Waals surface area contributed by atoms with E-state index in [1.807, 2.05) is 0 Å². The summed E-state index contributed by atoms with van der Waals surface area (Å²) < 4.78 is 43.8. The van der Waals surface area contributed by atoms with E-state index >= 15 is 0 Å². The molecule has 0 aromatic rings. The number of methoxy groups -OCH3 is 2. The highest BCUT2D eigenvalue weighted by Crippen LogP contribution is 2.55. The first kappa shape index (κ1) is 25.3. The summed E-state index contributed by atoms with van der Waals surface area (Å²) in [6.07, 6.45) is 5.25. The summed E-state index contributed by atoms with van der Waals surface area (Å²) in [5.41, 5.74) is 0.932. The van der Waals surface area contributed by atoms with Gasteiger partial charge >= 0.3 is 0 Å². The minimum atomic E-state index is -0.234. The van der Waals surface area contributed by atoms with Gasteiger partial charge in [-0.3, -0.25) is 0 Å². The molecule has 0 saturated heterocycles. The van der Waals surface area contributed by atoms with Crippen molar-refractivity contribution in [3.05, 3.63) is 23.5 Å². The maximum Gasteiger partial charge on any atom is 0.111 e. The highest BCUT2D eigenvalue weighted by atomic mass is 16.6. The average molecular weight is 431 g/mol. The average Bonchev–Trinajstić information content (AvgIpc) is 3.45. The monoisotopic (exact) mass is 430 g/mol.